The second kappa shape index (κ2) is 9.87. The lowest BCUT2D eigenvalue weighted by atomic mass is 9.96. The number of morpholine rings is 1. The van der Waals surface area contributed by atoms with Crippen LogP contribution in [-0.4, -0.2) is 62.0 Å². The van der Waals surface area contributed by atoms with E-state index < -0.39 is 12.2 Å². The molecule has 2 fully saturated rings. The number of rotatable bonds is 4. The fourth-order valence-corrected chi connectivity index (χ4v) is 3.00. The van der Waals surface area contributed by atoms with E-state index in [1.165, 1.54) is 11.3 Å². The largest absolute Gasteiger partial charge is 0.405 e. The summed E-state index contributed by atoms with van der Waals surface area (Å²) in [4.78, 5) is 5.32. The average Bonchev–Trinajstić information content (AvgIpc) is 2.48. The lowest BCUT2D eigenvalue weighted by Crippen LogP contribution is -2.52. The van der Waals surface area contributed by atoms with Gasteiger partial charge < -0.3 is 15.8 Å². The first kappa shape index (κ1) is 20.8. The van der Waals surface area contributed by atoms with Gasteiger partial charge >= 0.3 is 6.18 Å². The summed E-state index contributed by atoms with van der Waals surface area (Å²) in [6.45, 7) is 0.832. The van der Waals surface area contributed by atoms with Gasteiger partial charge in [-0.15, -0.1) is 24.0 Å². The first-order chi connectivity index (χ1) is 10.5. The number of nitrogens with one attached hydrogen (secondary N) is 1. The van der Waals surface area contributed by atoms with Gasteiger partial charge in [-0.05, 0) is 12.8 Å². The summed E-state index contributed by atoms with van der Waals surface area (Å²) in [5.74, 6) is 0.120. The molecule has 0 aromatic heterocycles. The second-order valence-corrected chi connectivity index (χ2v) is 5.91. The van der Waals surface area contributed by atoms with E-state index in [1.807, 2.05) is 0 Å². The highest BCUT2D eigenvalue weighted by atomic mass is 127. The Labute approximate surface area is 152 Å². The van der Waals surface area contributed by atoms with Gasteiger partial charge in [0.15, 0.2) is 5.96 Å². The summed E-state index contributed by atoms with van der Waals surface area (Å²) in [7, 11) is 0. The van der Waals surface area contributed by atoms with Gasteiger partial charge in [-0.25, -0.2) is 0 Å². The van der Waals surface area contributed by atoms with Crippen molar-refractivity contribution in [3.8, 4) is 0 Å². The Bertz CT molecular complexity index is 370. The number of guanidine groups is 1. The van der Waals surface area contributed by atoms with Crippen LogP contribution >= 0.6 is 24.0 Å². The van der Waals surface area contributed by atoms with E-state index in [9.17, 15) is 13.2 Å². The molecule has 5 nitrogen and oxygen atoms in total. The number of nitrogens with zero attached hydrogens (tertiary/aromatic N) is 2. The number of nitrogens with two attached hydrogens (primary N) is 1. The third-order valence-electron chi connectivity index (χ3n) is 4.26. The van der Waals surface area contributed by atoms with E-state index in [4.69, 9.17) is 10.5 Å². The maximum atomic E-state index is 13.2. The average molecular weight is 450 g/mol. The monoisotopic (exact) mass is 450 g/mol. The quantitative estimate of drug-likeness (QED) is 0.392. The molecule has 0 amide bonds. The van der Waals surface area contributed by atoms with Crippen molar-refractivity contribution < 1.29 is 17.9 Å². The van der Waals surface area contributed by atoms with E-state index in [0.29, 0.717) is 13.2 Å². The Kier molecular flexibility index (Phi) is 8.91. The van der Waals surface area contributed by atoms with Gasteiger partial charge in [-0.3, -0.25) is 9.89 Å². The molecule has 0 aromatic carbocycles. The number of ether oxygens (including phenoxy) is 1. The first-order valence-corrected chi connectivity index (χ1v) is 7.92. The normalized spacial score (nSPS) is 23.2. The van der Waals surface area contributed by atoms with Gasteiger partial charge in [-0.2, -0.15) is 13.2 Å². The summed E-state index contributed by atoms with van der Waals surface area (Å²) in [5.41, 5.74) is 5.75. The van der Waals surface area contributed by atoms with Crippen molar-refractivity contribution >= 4 is 29.9 Å². The van der Waals surface area contributed by atoms with E-state index in [2.05, 4.69) is 10.3 Å². The molecule has 1 saturated carbocycles. The van der Waals surface area contributed by atoms with Crippen LogP contribution in [0.4, 0.5) is 13.2 Å². The number of hydrogen-bond donors (Lipinski definition) is 2. The molecule has 2 aliphatic rings. The van der Waals surface area contributed by atoms with E-state index >= 15 is 0 Å². The van der Waals surface area contributed by atoms with Gasteiger partial charge in [0.25, 0.3) is 0 Å². The predicted molar refractivity (Wildman–Crippen MR) is 94.1 cm³/mol. The van der Waals surface area contributed by atoms with Crippen LogP contribution < -0.4 is 11.1 Å². The molecule has 1 aliphatic carbocycles. The lowest BCUT2D eigenvalue weighted by molar-refractivity contribution is -0.188. The molecule has 23 heavy (non-hydrogen) atoms. The van der Waals surface area contributed by atoms with Crippen molar-refractivity contribution in [2.24, 2.45) is 10.7 Å². The molecule has 1 saturated heterocycles. The summed E-state index contributed by atoms with van der Waals surface area (Å²) < 4.78 is 44.7. The number of hydrogen-bond acceptors (Lipinski definition) is 3. The Hall–Kier alpha value is -0.290. The summed E-state index contributed by atoms with van der Waals surface area (Å²) in [6.07, 6.45) is 1.16. The maximum Gasteiger partial charge on any atom is 0.405 e. The molecule has 1 unspecified atom stereocenters. The fourth-order valence-electron chi connectivity index (χ4n) is 3.00. The van der Waals surface area contributed by atoms with Crippen LogP contribution in [0.5, 0.6) is 0 Å². The molecule has 9 heteroatoms. The molecule has 0 aromatic rings. The molecule has 1 atom stereocenters. The Morgan fingerprint density at radius 3 is 2.39 bits per heavy atom. The molecular formula is C14H26F3IN4O. The van der Waals surface area contributed by atoms with E-state index in [-0.39, 0.29) is 55.6 Å². The zero-order valence-electron chi connectivity index (χ0n) is 13.1. The summed E-state index contributed by atoms with van der Waals surface area (Å²) in [5, 5.41) is 3.05. The van der Waals surface area contributed by atoms with Crippen LogP contribution in [0.1, 0.15) is 32.1 Å². The topological polar surface area (TPSA) is 62.9 Å². The molecule has 0 bridgehead atoms. The van der Waals surface area contributed by atoms with Gasteiger partial charge in [0, 0.05) is 19.1 Å². The van der Waals surface area contributed by atoms with Crippen molar-refractivity contribution in [3.63, 3.8) is 0 Å². The Morgan fingerprint density at radius 1 is 1.22 bits per heavy atom. The summed E-state index contributed by atoms with van der Waals surface area (Å²) >= 11 is 0. The highest BCUT2D eigenvalue weighted by molar-refractivity contribution is 14.0. The SMILES string of the molecule is I.NC(=NCC(N1CCOCC1)C(F)(F)F)NC1CCCCC1. The van der Waals surface area contributed by atoms with Crippen molar-refractivity contribution in [2.45, 2.75) is 50.4 Å². The predicted octanol–water partition coefficient (Wildman–Crippen LogP) is 2.10. The standard InChI is InChI=1S/C14H25F3N4O.HI/c15-14(16,17)12(21-6-8-22-9-7-21)10-19-13(18)20-11-4-2-1-3-5-11;/h11-12H,1-10H2,(H3,18,19,20);1H. The van der Waals surface area contributed by atoms with Crippen molar-refractivity contribution in [1.29, 1.82) is 0 Å². The molecule has 0 radical (unpaired) electrons. The molecule has 1 heterocycles. The van der Waals surface area contributed by atoms with Gasteiger partial charge in [0.1, 0.15) is 6.04 Å². The van der Waals surface area contributed by atoms with E-state index in [1.54, 1.807) is 0 Å². The van der Waals surface area contributed by atoms with Crippen LogP contribution in [0.15, 0.2) is 4.99 Å². The van der Waals surface area contributed by atoms with Crippen LogP contribution in [0.3, 0.4) is 0 Å². The minimum atomic E-state index is -4.31. The van der Waals surface area contributed by atoms with Crippen LogP contribution in [0.2, 0.25) is 0 Å². The third kappa shape index (κ3) is 7.00. The minimum Gasteiger partial charge on any atom is -0.379 e. The number of alkyl halides is 3. The van der Waals surface area contributed by atoms with E-state index in [0.717, 1.165) is 25.7 Å². The van der Waals surface area contributed by atoms with Crippen molar-refractivity contribution in [1.82, 2.24) is 10.2 Å². The fraction of sp³-hybridized carbons (Fsp3) is 0.929. The van der Waals surface area contributed by atoms with Crippen LogP contribution in [0.25, 0.3) is 0 Å². The van der Waals surface area contributed by atoms with Crippen LogP contribution in [-0.2, 0) is 4.74 Å². The first-order valence-electron chi connectivity index (χ1n) is 7.92. The highest BCUT2D eigenvalue weighted by Crippen LogP contribution is 2.26. The van der Waals surface area contributed by atoms with Crippen molar-refractivity contribution in [2.75, 3.05) is 32.8 Å². The van der Waals surface area contributed by atoms with Gasteiger partial charge in [0.2, 0.25) is 0 Å². The minimum absolute atomic E-state index is 0. The highest BCUT2D eigenvalue weighted by Gasteiger charge is 2.43. The maximum absolute atomic E-state index is 13.2. The smallest absolute Gasteiger partial charge is 0.379 e. The van der Waals surface area contributed by atoms with Crippen LogP contribution in [0, 0.1) is 0 Å². The Balaban J connectivity index is 0.00000264. The third-order valence-corrected chi connectivity index (χ3v) is 4.26. The molecule has 2 rings (SSSR count). The second-order valence-electron chi connectivity index (χ2n) is 5.91. The zero-order valence-corrected chi connectivity index (χ0v) is 15.5. The molecule has 0 spiro atoms. The molecular weight excluding hydrogens is 424 g/mol. The molecule has 3 N–H and O–H groups in total. The number of aliphatic imine (C=N–C) groups is 1. The van der Waals surface area contributed by atoms with Gasteiger partial charge in [-0.1, -0.05) is 19.3 Å². The molecule has 136 valence electrons. The lowest BCUT2D eigenvalue weighted by Gasteiger charge is -2.34. The Morgan fingerprint density at radius 2 is 1.83 bits per heavy atom. The van der Waals surface area contributed by atoms with Crippen molar-refractivity contribution in [3.05, 3.63) is 0 Å². The summed E-state index contributed by atoms with van der Waals surface area (Å²) in [6, 6.07) is -1.35. The zero-order chi connectivity index (χ0) is 16.0. The number of halogens is 4. The van der Waals surface area contributed by atoms with Gasteiger partial charge in [0.05, 0.1) is 19.8 Å². The molecule has 1 aliphatic heterocycles.